The summed E-state index contributed by atoms with van der Waals surface area (Å²) in [6.07, 6.45) is -22.6. The van der Waals surface area contributed by atoms with E-state index in [2.05, 4.69) is 6.92 Å². The molecule has 8 fully saturated rings. The van der Waals surface area contributed by atoms with Crippen molar-refractivity contribution < 1.29 is 117 Å². The highest BCUT2D eigenvalue weighted by molar-refractivity contribution is 5.89. The van der Waals surface area contributed by atoms with Crippen molar-refractivity contribution in [1.29, 1.82) is 0 Å². The van der Waals surface area contributed by atoms with Gasteiger partial charge in [-0.3, -0.25) is 9.59 Å². The molecular formula is C56H84O24. The highest BCUT2D eigenvalue weighted by atomic mass is 16.8. The molecule has 1 aromatic rings. The summed E-state index contributed by atoms with van der Waals surface area (Å²) < 4.78 is 73.4. The van der Waals surface area contributed by atoms with E-state index in [-0.39, 0.29) is 37.1 Å². The smallest absolute Gasteiger partial charge is 0.338 e. The number of hydrogen-bond donors (Lipinski definition) is 9. The molecule has 24 nitrogen and oxygen atoms in total. The number of ketones is 1. The number of rotatable bonds is 16. The largest absolute Gasteiger partial charge is 0.458 e. The molecule has 4 saturated carbocycles. The lowest BCUT2D eigenvalue weighted by atomic mass is 9.40. The van der Waals surface area contributed by atoms with Crippen LogP contribution in [0.5, 0.6) is 0 Å². The van der Waals surface area contributed by atoms with Gasteiger partial charge in [0.15, 0.2) is 31.3 Å². The van der Waals surface area contributed by atoms with Crippen LogP contribution in [0, 0.1) is 28.6 Å². The Balaban J connectivity index is 0.841. The topological polar surface area (TPSA) is 344 Å². The Labute approximate surface area is 465 Å². The Kier molecular flexibility index (Phi) is 18.6. The zero-order valence-corrected chi connectivity index (χ0v) is 46.7. The quantitative estimate of drug-likeness (QED) is 0.0772. The van der Waals surface area contributed by atoms with Gasteiger partial charge in [-0.15, -0.1) is 0 Å². The van der Waals surface area contributed by atoms with E-state index < -0.39 is 182 Å². The van der Waals surface area contributed by atoms with E-state index in [0.29, 0.717) is 44.1 Å². The van der Waals surface area contributed by atoms with Crippen LogP contribution in [0.4, 0.5) is 0 Å². The van der Waals surface area contributed by atoms with Crippen LogP contribution in [0.25, 0.3) is 0 Å². The third-order valence-electron chi connectivity index (χ3n) is 19.8. The SMILES string of the molecule is COC1CC(OC2CCC3(C)C(CCC4(O)C3CC(OC(=O)c3ccccc3)C3(C)C(C(C)=O)CCC43O)C2)OC(C)C1OC1OC(C)C(OC2OC(COC3OC(CO)C(O)C(O)C3O)C(O)C(O)C2O)C(OC)C1OC(C)=O. The molecule has 28 atom stereocenters. The fraction of sp³-hybridized carbons (Fsp3) is 0.839. The van der Waals surface area contributed by atoms with Crippen molar-refractivity contribution in [2.24, 2.45) is 28.6 Å². The van der Waals surface area contributed by atoms with Crippen LogP contribution in [0.1, 0.15) is 110 Å². The number of carbonyl (C=O) groups is 3. The van der Waals surface area contributed by atoms with Crippen molar-refractivity contribution >= 4 is 17.7 Å². The van der Waals surface area contributed by atoms with Crippen molar-refractivity contribution in [2.45, 2.75) is 239 Å². The Morgan fingerprint density at radius 2 is 1.30 bits per heavy atom. The summed E-state index contributed by atoms with van der Waals surface area (Å²) in [7, 11) is 2.86. The van der Waals surface area contributed by atoms with Gasteiger partial charge in [-0.1, -0.05) is 32.0 Å². The van der Waals surface area contributed by atoms with Crippen LogP contribution in [0.15, 0.2) is 30.3 Å². The number of esters is 2. The number of aliphatic hydroxyl groups is 9. The summed E-state index contributed by atoms with van der Waals surface area (Å²) in [5.41, 5.74) is -4.59. The minimum atomic E-state index is -1.86. The molecule has 28 unspecified atom stereocenters. The number of methoxy groups -OCH3 is 2. The molecule has 24 heteroatoms. The maximum Gasteiger partial charge on any atom is 0.338 e. The lowest BCUT2D eigenvalue weighted by Crippen LogP contribution is -2.76. The van der Waals surface area contributed by atoms with Gasteiger partial charge < -0.3 is 103 Å². The summed E-state index contributed by atoms with van der Waals surface area (Å²) >= 11 is 0. The molecule has 0 amide bonds. The van der Waals surface area contributed by atoms with E-state index in [0.717, 1.165) is 0 Å². The Bertz CT molecular complexity index is 2300. The lowest BCUT2D eigenvalue weighted by molar-refractivity contribution is -0.375. The molecule has 0 radical (unpaired) electrons. The van der Waals surface area contributed by atoms with Crippen molar-refractivity contribution in [3.63, 3.8) is 0 Å². The van der Waals surface area contributed by atoms with Gasteiger partial charge >= 0.3 is 11.9 Å². The second kappa shape index (κ2) is 24.2. The summed E-state index contributed by atoms with van der Waals surface area (Å²) in [5, 5.41) is 99.4. The number of ether oxygens (including phenoxy) is 12. The van der Waals surface area contributed by atoms with Crippen molar-refractivity contribution in [1.82, 2.24) is 0 Å². The molecule has 0 aromatic heterocycles. The van der Waals surface area contributed by atoms with Gasteiger partial charge in [-0.2, -0.15) is 0 Å². The number of Topliss-reactive ketones (excluding diaryl/α,β-unsaturated/α-hetero) is 1. The van der Waals surface area contributed by atoms with Crippen molar-refractivity contribution in [3.05, 3.63) is 35.9 Å². The number of hydrogen-bond acceptors (Lipinski definition) is 24. The van der Waals surface area contributed by atoms with Gasteiger partial charge in [0.2, 0.25) is 0 Å². The molecular weight excluding hydrogens is 1060 g/mol. The van der Waals surface area contributed by atoms with E-state index in [4.69, 9.17) is 56.8 Å². The Hall–Kier alpha value is -2.93. The number of benzene rings is 1. The summed E-state index contributed by atoms with van der Waals surface area (Å²) in [4.78, 5) is 39.8. The van der Waals surface area contributed by atoms with Crippen LogP contribution >= 0.6 is 0 Å². The molecule has 4 aliphatic heterocycles. The molecule has 0 spiro atoms. The van der Waals surface area contributed by atoms with E-state index in [1.54, 1.807) is 44.2 Å². The van der Waals surface area contributed by atoms with Crippen LogP contribution in [-0.4, -0.2) is 231 Å². The second-order valence-corrected chi connectivity index (χ2v) is 24.1. The first-order valence-corrected chi connectivity index (χ1v) is 28.2. The van der Waals surface area contributed by atoms with Gasteiger partial charge in [0.1, 0.15) is 84.6 Å². The Morgan fingerprint density at radius 3 is 1.95 bits per heavy atom. The summed E-state index contributed by atoms with van der Waals surface area (Å²) in [6.45, 7) is 8.76. The van der Waals surface area contributed by atoms with Crippen LogP contribution in [0.2, 0.25) is 0 Å². The van der Waals surface area contributed by atoms with Crippen LogP contribution in [-0.2, 0) is 66.4 Å². The first-order valence-electron chi connectivity index (χ1n) is 28.2. The van der Waals surface area contributed by atoms with E-state index in [1.165, 1.54) is 28.1 Å². The summed E-state index contributed by atoms with van der Waals surface area (Å²) in [5.74, 6) is -2.40. The van der Waals surface area contributed by atoms with Crippen molar-refractivity contribution in [3.8, 4) is 0 Å². The molecule has 4 aliphatic carbocycles. The average molecular weight is 1140 g/mol. The van der Waals surface area contributed by atoms with E-state index in [1.807, 2.05) is 6.92 Å². The zero-order valence-electron chi connectivity index (χ0n) is 46.7. The van der Waals surface area contributed by atoms with Gasteiger partial charge in [-0.25, -0.2) is 4.79 Å². The molecule has 4 heterocycles. The minimum Gasteiger partial charge on any atom is -0.458 e. The molecule has 4 saturated heterocycles. The number of carbonyl (C=O) groups excluding carboxylic acids is 3. The molecule has 9 rings (SSSR count). The third kappa shape index (κ3) is 10.9. The third-order valence-corrected chi connectivity index (χ3v) is 19.8. The van der Waals surface area contributed by atoms with Gasteiger partial charge in [0, 0.05) is 38.9 Å². The van der Waals surface area contributed by atoms with Gasteiger partial charge in [0.25, 0.3) is 0 Å². The molecule has 452 valence electrons. The number of aliphatic hydroxyl groups excluding tert-OH is 7. The monoisotopic (exact) mass is 1140 g/mol. The zero-order chi connectivity index (χ0) is 58.0. The van der Waals surface area contributed by atoms with Gasteiger partial charge in [-0.05, 0) is 102 Å². The van der Waals surface area contributed by atoms with E-state index >= 15 is 0 Å². The minimum absolute atomic E-state index is 0.0561. The number of fused-ring (bicyclic) bond motifs is 5. The standard InChI is InChI=1S/C56H84O24/c1-25(58)32-16-19-56(68)54(32,6)37(78-49(66)29-12-10-9-11-13-29)22-36-53(5)17-15-31(20-30(53)14-18-55(36,56)67)75-38-21-33(69-7)45(26(2)72-38)79-52-48(74-28(4)59)47(70-8)46(27(3)73-52)80-51-44(65)42(63)40(61)35(77-51)24-71-50-43(64)41(62)39(60)34(23-57)76-50/h9-13,26-27,30-48,50-52,57,60-65,67-68H,14-24H2,1-8H3. The fourth-order valence-corrected chi connectivity index (χ4v) is 15.4. The van der Waals surface area contributed by atoms with Crippen LogP contribution < -0.4 is 0 Å². The molecule has 80 heavy (non-hydrogen) atoms. The molecule has 1 aromatic carbocycles. The summed E-state index contributed by atoms with van der Waals surface area (Å²) in [6, 6.07) is 8.64. The predicted molar refractivity (Wildman–Crippen MR) is 271 cm³/mol. The Morgan fingerprint density at radius 1 is 0.650 bits per heavy atom. The first kappa shape index (κ1) is 61.6. The van der Waals surface area contributed by atoms with Gasteiger partial charge in [0.05, 0.1) is 48.8 Å². The molecule has 0 bridgehead atoms. The maximum absolute atomic E-state index is 13.7. The molecule has 9 N–H and O–H groups in total. The highest BCUT2D eigenvalue weighted by Gasteiger charge is 2.78. The maximum atomic E-state index is 13.7. The molecule has 8 aliphatic rings. The fourth-order valence-electron chi connectivity index (χ4n) is 15.4. The van der Waals surface area contributed by atoms with E-state index in [9.17, 15) is 60.3 Å². The average Bonchev–Trinajstić information content (AvgIpc) is 3.71. The highest BCUT2D eigenvalue weighted by Crippen LogP contribution is 2.71. The normalized spacial score (nSPS) is 49.4. The second-order valence-electron chi connectivity index (χ2n) is 24.1. The lowest BCUT2D eigenvalue weighted by Gasteiger charge is -2.68. The van der Waals surface area contributed by atoms with Crippen molar-refractivity contribution in [2.75, 3.05) is 27.4 Å². The van der Waals surface area contributed by atoms with Crippen LogP contribution in [0.3, 0.4) is 0 Å². The predicted octanol–water partition coefficient (Wildman–Crippen LogP) is -0.0793. The first-order chi connectivity index (χ1) is 37.8.